The molecule has 1 saturated heterocycles. The zero-order valence-corrected chi connectivity index (χ0v) is 13.7. The molecule has 0 bridgehead atoms. The van der Waals surface area contributed by atoms with Crippen LogP contribution in [-0.4, -0.2) is 52.8 Å². The highest BCUT2D eigenvalue weighted by Crippen LogP contribution is 2.13. The quantitative estimate of drug-likeness (QED) is 0.436. The first-order chi connectivity index (χ1) is 10.6. The van der Waals surface area contributed by atoms with Gasteiger partial charge in [0, 0.05) is 19.6 Å². The maximum Gasteiger partial charge on any atom is 0.296 e. The van der Waals surface area contributed by atoms with Gasteiger partial charge in [0.15, 0.2) is 0 Å². The van der Waals surface area contributed by atoms with E-state index in [2.05, 4.69) is 4.90 Å². The van der Waals surface area contributed by atoms with Gasteiger partial charge in [0.25, 0.3) is 10.1 Å². The maximum atomic E-state index is 12.0. The molecule has 0 N–H and O–H groups in total. The fraction of sp³-hybridized carbons (Fsp3) is 0.500. The van der Waals surface area contributed by atoms with E-state index >= 15 is 0 Å². The van der Waals surface area contributed by atoms with Gasteiger partial charge in [0.1, 0.15) is 0 Å². The molecule has 0 amide bonds. The van der Waals surface area contributed by atoms with Gasteiger partial charge in [-0.2, -0.15) is 8.42 Å². The molecule has 1 aromatic carbocycles. The average Bonchev–Trinajstić information content (AvgIpc) is 2.52. The minimum atomic E-state index is -3.65. The Morgan fingerprint density at radius 1 is 1.18 bits per heavy atom. The lowest BCUT2D eigenvalue weighted by Gasteiger charge is -2.25. The monoisotopic (exact) mass is 325 g/mol. The summed E-state index contributed by atoms with van der Waals surface area (Å²) in [5.41, 5.74) is 1.02. The third-order valence-corrected chi connectivity index (χ3v) is 4.79. The number of morpholine rings is 1. The predicted molar refractivity (Wildman–Crippen MR) is 85.3 cm³/mol. The third-order valence-electron chi connectivity index (χ3n) is 3.47. The summed E-state index contributed by atoms with van der Waals surface area (Å²) in [6.45, 7) is 6.41. The maximum absolute atomic E-state index is 12.0. The van der Waals surface area contributed by atoms with Gasteiger partial charge in [0.05, 0.1) is 24.7 Å². The van der Waals surface area contributed by atoms with Crippen molar-refractivity contribution < 1.29 is 17.3 Å². The summed E-state index contributed by atoms with van der Waals surface area (Å²) in [6, 6.07) is 6.66. The van der Waals surface area contributed by atoms with Crippen molar-refractivity contribution in [1.82, 2.24) is 4.90 Å². The van der Waals surface area contributed by atoms with E-state index in [9.17, 15) is 8.42 Å². The van der Waals surface area contributed by atoms with E-state index in [0.29, 0.717) is 6.42 Å². The van der Waals surface area contributed by atoms with Gasteiger partial charge < -0.3 is 4.74 Å². The van der Waals surface area contributed by atoms with Crippen molar-refractivity contribution in [2.24, 2.45) is 0 Å². The zero-order chi connectivity index (χ0) is 15.8. The molecule has 122 valence electrons. The molecule has 0 aromatic heterocycles. The topological polar surface area (TPSA) is 55.8 Å². The number of aryl methyl sites for hydroxylation is 1. The molecule has 1 aromatic rings. The van der Waals surface area contributed by atoms with Crippen molar-refractivity contribution in [3.8, 4) is 0 Å². The van der Waals surface area contributed by atoms with E-state index in [1.54, 1.807) is 24.3 Å². The second kappa shape index (κ2) is 8.43. The second-order valence-electron chi connectivity index (χ2n) is 5.26. The van der Waals surface area contributed by atoms with Gasteiger partial charge >= 0.3 is 0 Å². The van der Waals surface area contributed by atoms with Crippen LogP contribution in [0.4, 0.5) is 0 Å². The summed E-state index contributed by atoms with van der Waals surface area (Å²) >= 11 is 0. The Morgan fingerprint density at radius 2 is 1.86 bits per heavy atom. The Labute approximate surface area is 132 Å². The molecule has 0 aliphatic carbocycles. The SMILES string of the molecule is Cc1ccc(S(=O)(=O)OCC/C=C/CN2CCOCC2)cc1. The Kier molecular flexibility index (Phi) is 6.57. The molecule has 1 heterocycles. The van der Waals surface area contributed by atoms with Gasteiger partial charge in [0.2, 0.25) is 0 Å². The lowest BCUT2D eigenvalue weighted by molar-refractivity contribution is 0.0434. The van der Waals surface area contributed by atoms with Crippen molar-refractivity contribution in [3.63, 3.8) is 0 Å². The van der Waals surface area contributed by atoms with Crippen molar-refractivity contribution in [2.75, 3.05) is 39.5 Å². The van der Waals surface area contributed by atoms with Crippen molar-refractivity contribution in [2.45, 2.75) is 18.2 Å². The number of hydrogen-bond acceptors (Lipinski definition) is 5. The molecular formula is C16H23NO4S. The molecule has 1 aliphatic heterocycles. The average molecular weight is 325 g/mol. The smallest absolute Gasteiger partial charge is 0.296 e. The van der Waals surface area contributed by atoms with Crippen LogP contribution in [0.15, 0.2) is 41.3 Å². The largest absolute Gasteiger partial charge is 0.379 e. The number of nitrogens with zero attached hydrogens (tertiary/aromatic N) is 1. The molecule has 1 aliphatic rings. The first-order valence-corrected chi connectivity index (χ1v) is 8.90. The van der Waals surface area contributed by atoms with Crippen molar-refractivity contribution in [1.29, 1.82) is 0 Å². The first-order valence-electron chi connectivity index (χ1n) is 7.49. The zero-order valence-electron chi connectivity index (χ0n) is 12.9. The fourth-order valence-corrected chi connectivity index (χ4v) is 3.05. The van der Waals surface area contributed by atoms with Crippen molar-refractivity contribution in [3.05, 3.63) is 42.0 Å². The highest BCUT2D eigenvalue weighted by atomic mass is 32.2. The normalized spacial score (nSPS) is 17.1. The molecule has 1 fully saturated rings. The highest BCUT2D eigenvalue weighted by molar-refractivity contribution is 7.86. The standard InChI is InChI=1S/C16H23NO4S/c1-15-5-7-16(8-6-15)22(18,19)21-12-4-2-3-9-17-10-13-20-14-11-17/h2-3,5-8H,4,9-14H2,1H3/b3-2+. The minimum absolute atomic E-state index is 0.163. The molecule has 6 heteroatoms. The van der Waals surface area contributed by atoms with Crippen LogP contribution < -0.4 is 0 Å². The predicted octanol–water partition coefficient (Wildman–Crippen LogP) is 1.98. The summed E-state index contributed by atoms with van der Waals surface area (Å²) in [4.78, 5) is 2.50. The molecule has 2 rings (SSSR count). The number of rotatable bonds is 7. The molecule has 0 atom stereocenters. The van der Waals surface area contributed by atoms with Crippen molar-refractivity contribution >= 4 is 10.1 Å². The van der Waals surface area contributed by atoms with Gasteiger partial charge in [-0.3, -0.25) is 9.08 Å². The van der Waals surface area contributed by atoms with Gasteiger partial charge in [-0.1, -0.05) is 29.8 Å². The molecule has 0 saturated carbocycles. The van der Waals surface area contributed by atoms with Crippen LogP contribution in [0, 0.1) is 6.92 Å². The highest BCUT2D eigenvalue weighted by Gasteiger charge is 2.13. The Balaban J connectivity index is 1.70. The summed E-state index contributed by atoms with van der Waals surface area (Å²) in [6.07, 6.45) is 4.59. The van der Waals surface area contributed by atoms with E-state index in [-0.39, 0.29) is 11.5 Å². The lowest BCUT2D eigenvalue weighted by Crippen LogP contribution is -2.36. The van der Waals surface area contributed by atoms with Crippen LogP contribution in [0.1, 0.15) is 12.0 Å². The van der Waals surface area contributed by atoms with E-state index in [0.717, 1.165) is 38.4 Å². The van der Waals surface area contributed by atoms with E-state index in [1.807, 2.05) is 19.1 Å². The summed E-state index contributed by atoms with van der Waals surface area (Å²) < 4.78 is 34.2. The summed E-state index contributed by atoms with van der Waals surface area (Å²) in [7, 11) is -3.65. The number of benzene rings is 1. The first kappa shape index (κ1) is 17.1. The van der Waals surface area contributed by atoms with Crippen LogP contribution >= 0.6 is 0 Å². The number of ether oxygens (including phenoxy) is 1. The summed E-state index contributed by atoms with van der Waals surface area (Å²) in [5, 5.41) is 0. The van der Waals surface area contributed by atoms with Crippen LogP contribution in [0.5, 0.6) is 0 Å². The van der Waals surface area contributed by atoms with E-state index < -0.39 is 10.1 Å². The molecule has 5 nitrogen and oxygen atoms in total. The lowest BCUT2D eigenvalue weighted by atomic mass is 10.2. The Morgan fingerprint density at radius 3 is 2.55 bits per heavy atom. The summed E-state index contributed by atoms with van der Waals surface area (Å²) in [5.74, 6) is 0. The van der Waals surface area contributed by atoms with E-state index in [1.165, 1.54) is 0 Å². The molecule has 0 spiro atoms. The van der Waals surface area contributed by atoms with Crippen LogP contribution in [0.2, 0.25) is 0 Å². The minimum Gasteiger partial charge on any atom is -0.379 e. The van der Waals surface area contributed by atoms with Crippen LogP contribution in [0.3, 0.4) is 0 Å². The van der Waals surface area contributed by atoms with Crippen LogP contribution in [0.25, 0.3) is 0 Å². The van der Waals surface area contributed by atoms with Gasteiger partial charge in [-0.15, -0.1) is 0 Å². The Hall–Kier alpha value is -1.21. The fourth-order valence-electron chi connectivity index (χ4n) is 2.12. The molecule has 0 unspecified atom stereocenters. The number of hydrogen-bond donors (Lipinski definition) is 0. The van der Waals surface area contributed by atoms with Gasteiger partial charge in [-0.25, -0.2) is 0 Å². The van der Waals surface area contributed by atoms with Gasteiger partial charge in [-0.05, 0) is 25.5 Å². The molecular weight excluding hydrogens is 302 g/mol. The third kappa shape index (κ3) is 5.53. The van der Waals surface area contributed by atoms with E-state index in [4.69, 9.17) is 8.92 Å². The molecule has 22 heavy (non-hydrogen) atoms. The second-order valence-corrected chi connectivity index (χ2v) is 6.88. The van der Waals surface area contributed by atoms with Crippen LogP contribution in [-0.2, 0) is 19.0 Å². The molecule has 0 radical (unpaired) electrons. The Bertz CT molecular complexity index is 575.